The van der Waals surface area contributed by atoms with Gasteiger partial charge in [-0.3, -0.25) is 4.79 Å². The van der Waals surface area contributed by atoms with Gasteiger partial charge in [-0.2, -0.15) is 4.72 Å². The lowest BCUT2D eigenvalue weighted by molar-refractivity contribution is -0.117. The number of ether oxygens (including phenoxy) is 2. The number of amides is 1. The quantitative estimate of drug-likeness (QED) is 0.695. The molecule has 1 amide bonds. The van der Waals surface area contributed by atoms with E-state index in [0.29, 0.717) is 23.8 Å². The van der Waals surface area contributed by atoms with E-state index in [-0.39, 0.29) is 9.92 Å². The molecule has 0 aromatic heterocycles. The van der Waals surface area contributed by atoms with Crippen molar-refractivity contribution in [2.75, 3.05) is 19.0 Å². The molecule has 0 aliphatic heterocycles. The molecule has 2 rings (SSSR count). The number of sulfonamides is 1. The monoisotopic (exact) mass is 412 g/mol. The molecular weight excluding hydrogens is 392 g/mol. The molecular formula is C18H21ClN2O5S. The Bertz CT molecular complexity index is 900. The van der Waals surface area contributed by atoms with E-state index < -0.39 is 22.0 Å². The van der Waals surface area contributed by atoms with Crippen LogP contribution in [0.2, 0.25) is 5.02 Å². The minimum absolute atomic E-state index is 0.0611. The van der Waals surface area contributed by atoms with Crippen LogP contribution < -0.4 is 19.5 Å². The maximum Gasteiger partial charge on any atom is 0.242 e. The Morgan fingerprint density at radius 2 is 1.85 bits per heavy atom. The number of anilines is 1. The van der Waals surface area contributed by atoms with Crippen LogP contribution in [0.1, 0.15) is 13.8 Å². The first-order valence-electron chi connectivity index (χ1n) is 8.16. The highest BCUT2D eigenvalue weighted by atomic mass is 35.5. The van der Waals surface area contributed by atoms with Crippen molar-refractivity contribution in [2.45, 2.75) is 24.8 Å². The van der Waals surface area contributed by atoms with Gasteiger partial charge >= 0.3 is 0 Å². The van der Waals surface area contributed by atoms with Gasteiger partial charge < -0.3 is 14.8 Å². The van der Waals surface area contributed by atoms with Gasteiger partial charge in [0.25, 0.3) is 0 Å². The molecule has 9 heteroatoms. The van der Waals surface area contributed by atoms with E-state index in [1.807, 2.05) is 6.92 Å². The number of benzene rings is 2. The summed E-state index contributed by atoms with van der Waals surface area (Å²) in [6.07, 6.45) is 0. The number of nitrogens with one attached hydrogen (secondary N) is 2. The molecule has 0 heterocycles. The maximum atomic E-state index is 12.5. The molecule has 2 aromatic rings. The summed E-state index contributed by atoms with van der Waals surface area (Å²) < 4.78 is 37.6. The highest BCUT2D eigenvalue weighted by Crippen LogP contribution is 2.27. The van der Waals surface area contributed by atoms with Crippen molar-refractivity contribution in [1.82, 2.24) is 4.72 Å². The van der Waals surface area contributed by atoms with E-state index in [4.69, 9.17) is 21.1 Å². The third kappa shape index (κ3) is 5.59. The van der Waals surface area contributed by atoms with E-state index in [1.54, 1.807) is 24.3 Å². The Kier molecular flexibility index (Phi) is 7.06. The van der Waals surface area contributed by atoms with Gasteiger partial charge in [-0.05, 0) is 56.3 Å². The zero-order chi connectivity index (χ0) is 20.0. The summed E-state index contributed by atoms with van der Waals surface area (Å²) in [7, 11) is -2.50. The third-order valence-corrected chi connectivity index (χ3v) is 5.43. The lowest BCUT2D eigenvalue weighted by Gasteiger charge is -2.15. The molecule has 0 unspecified atom stereocenters. The smallest absolute Gasteiger partial charge is 0.242 e. The van der Waals surface area contributed by atoms with Crippen molar-refractivity contribution in [1.29, 1.82) is 0 Å². The van der Waals surface area contributed by atoms with Crippen LogP contribution in [0.15, 0.2) is 47.4 Å². The fourth-order valence-corrected chi connectivity index (χ4v) is 3.77. The van der Waals surface area contributed by atoms with Crippen molar-refractivity contribution in [3.8, 4) is 11.5 Å². The third-order valence-electron chi connectivity index (χ3n) is 3.59. The molecule has 0 radical (unpaired) electrons. The van der Waals surface area contributed by atoms with Crippen LogP contribution in [0.3, 0.4) is 0 Å². The fourth-order valence-electron chi connectivity index (χ4n) is 2.22. The molecule has 0 saturated carbocycles. The molecule has 0 spiro atoms. The number of hydrogen-bond acceptors (Lipinski definition) is 5. The van der Waals surface area contributed by atoms with Crippen LogP contribution in [-0.2, 0) is 14.8 Å². The van der Waals surface area contributed by atoms with Gasteiger partial charge in [-0.15, -0.1) is 0 Å². The zero-order valence-corrected chi connectivity index (χ0v) is 16.7. The molecule has 0 bridgehead atoms. The van der Waals surface area contributed by atoms with Gasteiger partial charge in [0.15, 0.2) is 0 Å². The Morgan fingerprint density at radius 3 is 2.41 bits per heavy atom. The van der Waals surface area contributed by atoms with Crippen LogP contribution >= 0.6 is 11.6 Å². The normalized spacial score (nSPS) is 12.3. The maximum absolute atomic E-state index is 12.5. The molecule has 146 valence electrons. The second-order valence-electron chi connectivity index (χ2n) is 5.59. The lowest BCUT2D eigenvalue weighted by atomic mass is 10.2. The largest absolute Gasteiger partial charge is 0.495 e. The van der Waals surface area contributed by atoms with Gasteiger partial charge in [-0.1, -0.05) is 11.6 Å². The number of halogens is 1. The standard InChI is InChI=1S/C18H21ClN2O5S/c1-4-26-14-7-5-13(6-8-14)20-18(22)12(2)21-27(23,24)15-9-10-17(25-3)16(19)11-15/h5-12,21H,4H2,1-3H3,(H,20,22)/t12-/m1/s1. The molecule has 0 fully saturated rings. The molecule has 0 saturated heterocycles. The first-order chi connectivity index (χ1) is 12.8. The first-order valence-corrected chi connectivity index (χ1v) is 10.0. The highest BCUT2D eigenvalue weighted by molar-refractivity contribution is 7.89. The highest BCUT2D eigenvalue weighted by Gasteiger charge is 2.23. The Balaban J connectivity index is 2.05. The van der Waals surface area contributed by atoms with Crippen molar-refractivity contribution >= 4 is 33.2 Å². The number of methoxy groups -OCH3 is 1. The van der Waals surface area contributed by atoms with Gasteiger partial charge in [0, 0.05) is 5.69 Å². The van der Waals surface area contributed by atoms with Crippen LogP contribution in [0.25, 0.3) is 0 Å². The van der Waals surface area contributed by atoms with E-state index >= 15 is 0 Å². The second-order valence-corrected chi connectivity index (χ2v) is 7.71. The van der Waals surface area contributed by atoms with E-state index in [0.717, 1.165) is 0 Å². The summed E-state index contributed by atoms with van der Waals surface area (Å²) >= 11 is 5.97. The van der Waals surface area contributed by atoms with Crippen LogP contribution in [0, 0.1) is 0 Å². The molecule has 27 heavy (non-hydrogen) atoms. The molecule has 7 nitrogen and oxygen atoms in total. The summed E-state index contributed by atoms with van der Waals surface area (Å²) in [5, 5.41) is 2.81. The number of carbonyl (C=O) groups is 1. The molecule has 0 aliphatic carbocycles. The summed E-state index contributed by atoms with van der Waals surface area (Å²) in [5.74, 6) is 0.542. The van der Waals surface area contributed by atoms with Crippen LogP contribution in [0.4, 0.5) is 5.69 Å². The predicted octanol–water partition coefficient (Wildman–Crippen LogP) is 3.05. The topological polar surface area (TPSA) is 93.7 Å². The predicted molar refractivity (Wildman–Crippen MR) is 104 cm³/mol. The average molecular weight is 413 g/mol. The molecule has 0 aliphatic rings. The van der Waals surface area contributed by atoms with E-state index in [2.05, 4.69) is 10.0 Å². The lowest BCUT2D eigenvalue weighted by Crippen LogP contribution is -2.41. The van der Waals surface area contributed by atoms with Gasteiger partial charge in [0.05, 0.1) is 29.7 Å². The number of rotatable bonds is 8. The van der Waals surface area contributed by atoms with Gasteiger partial charge in [0.1, 0.15) is 11.5 Å². The van der Waals surface area contributed by atoms with Crippen molar-refractivity contribution < 1.29 is 22.7 Å². The number of hydrogen-bond donors (Lipinski definition) is 2. The average Bonchev–Trinajstić information content (AvgIpc) is 2.63. The fraction of sp³-hybridized carbons (Fsp3) is 0.278. The zero-order valence-electron chi connectivity index (χ0n) is 15.2. The SMILES string of the molecule is CCOc1ccc(NC(=O)[C@@H](C)NS(=O)(=O)c2ccc(OC)c(Cl)c2)cc1. The summed E-state index contributed by atoms with van der Waals surface area (Å²) in [5.41, 5.74) is 0.530. The summed E-state index contributed by atoms with van der Waals surface area (Å²) in [4.78, 5) is 12.2. The van der Waals surface area contributed by atoms with Gasteiger partial charge in [-0.25, -0.2) is 8.42 Å². The van der Waals surface area contributed by atoms with Crippen LogP contribution in [0.5, 0.6) is 11.5 Å². The van der Waals surface area contributed by atoms with Crippen molar-refractivity contribution in [2.24, 2.45) is 0 Å². The van der Waals surface area contributed by atoms with Crippen LogP contribution in [-0.4, -0.2) is 34.1 Å². The summed E-state index contributed by atoms with van der Waals surface area (Å²) in [6.45, 7) is 3.87. The Labute approximate surface area is 163 Å². The Hall–Kier alpha value is -2.29. The Morgan fingerprint density at radius 1 is 1.19 bits per heavy atom. The second kappa shape index (κ2) is 9.07. The number of carbonyl (C=O) groups excluding carboxylic acids is 1. The minimum Gasteiger partial charge on any atom is -0.495 e. The molecule has 2 aromatic carbocycles. The van der Waals surface area contributed by atoms with Crippen molar-refractivity contribution in [3.05, 3.63) is 47.5 Å². The van der Waals surface area contributed by atoms with E-state index in [1.165, 1.54) is 32.2 Å². The molecule has 1 atom stereocenters. The van der Waals surface area contributed by atoms with Crippen molar-refractivity contribution in [3.63, 3.8) is 0 Å². The molecule has 2 N–H and O–H groups in total. The van der Waals surface area contributed by atoms with Gasteiger partial charge in [0.2, 0.25) is 15.9 Å². The summed E-state index contributed by atoms with van der Waals surface area (Å²) in [6, 6.07) is 9.84. The minimum atomic E-state index is -3.93. The van der Waals surface area contributed by atoms with E-state index in [9.17, 15) is 13.2 Å². The first kappa shape index (κ1) is 21.0.